The Morgan fingerprint density at radius 1 is 1.11 bits per heavy atom. The van der Waals surface area contributed by atoms with Crippen LogP contribution in [0.3, 0.4) is 0 Å². The van der Waals surface area contributed by atoms with E-state index in [9.17, 15) is 14.7 Å². The van der Waals surface area contributed by atoms with E-state index < -0.39 is 17.9 Å². The third kappa shape index (κ3) is 5.86. The van der Waals surface area contributed by atoms with Gasteiger partial charge < -0.3 is 19.7 Å². The SMILES string of the molecule is CCC(COC(=O)C1=C(C)NC(C)=C(C(=O)O)C1c1cccc(-n2ccnc2)c1)N(C)Cc1ccccc1. The summed E-state index contributed by atoms with van der Waals surface area (Å²) < 4.78 is 7.71. The number of likely N-dealkylation sites (N-methyl/N-ethyl adjacent to an activating group) is 1. The van der Waals surface area contributed by atoms with Gasteiger partial charge in [0, 0.05) is 42.1 Å². The minimum Gasteiger partial charge on any atom is -0.478 e. The number of rotatable bonds is 10. The summed E-state index contributed by atoms with van der Waals surface area (Å²) in [7, 11) is 2.01. The Kier molecular flexibility index (Phi) is 8.43. The molecule has 38 heavy (non-hydrogen) atoms. The Morgan fingerprint density at radius 3 is 2.50 bits per heavy atom. The molecule has 0 spiro atoms. The lowest BCUT2D eigenvalue weighted by Gasteiger charge is -2.31. The molecule has 4 rings (SSSR count). The molecule has 8 nitrogen and oxygen atoms in total. The van der Waals surface area contributed by atoms with Crippen molar-refractivity contribution in [1.29, 1.82) is 0 Å². The van der Waals surface area contributed by atoms with Crippen LogP contribution >= 0.6 is 0 Å². The Balaban J connectivity index is 1.60. The van der Waals surface area contributed by atoms with Crippen molar-refractivity contribution in [3.63, 3.8) is 0 Å². The van der Waals surface area contributed by atoms with Crippen molar-refractivity contribution in [2.75, 3.05) is 13.7 Å². The highest BCUT2D eigenvalue weighted by Gasteiger charge is 2.37. The third-order valence-corrected chi connectivity index (χ3v) is 6.99. The molecule has 2 atom stereocenters. The first-order valence-corrected chi connectivity index (χ1v) is 12.7. The molecule has 2 N–H and O–H groups in total. The van der Waals surface area contributed by atoms with E-state index in [4.69, 9.17) is 4.74 Å². The van der Waals surface area contributed by atoms with Gasteiger partial charge in [0.2, 0.25) is 0 Å². The number of carbonyl (C=O) groups excluding carboxylic acids is 1. The standard InChI is InChI=1S/C30H34N4O4/c1-5-24(33(4)17-22-10-7-6-8-11-22)18-38-30(37)27-21(3)32-20(2)26(29(35)36)28(27)23-12-9-13-25(16-23)34-15-14-31-19-34/h6-16,19,24,28,32H,5,17-18H2,1-4H3,(H,35,36). The highest BCUT2D eigenvalue weighted by atomic mass is 16.5. The zero-order valence-corrected chi connectivity index (χ0v) is 22.2. The van der Waals surface area contributed by atoms with Gasteiger partial charge in [-0.25, -0.2) is 14.6 Å². The molecule has 198 valence electrons. The van der Waals surface area contributed by atoms with Crippen LogP contribution in [0.25, 0.3) is 5.69 Å². The van der Waals surface area contributed by atoms with Crippen LogP contribution in [-0.4, -0.2) is 51.2 Å². The van der Waals surface area contributed by atoms with Crippen LogP contribution in [0, 0.1) is 0 Å². The zero-order valence-electron chi connectivity index (χ0n) is 22.2. The van der Waals surface area contributed by atoms with Gasteiger partial charge in [-0.1, -0.05) is 49.4 Å². The van der Waals surface area contributed by atoms with Gasteiger partial charge in [-0.15, -0.1) is 0 Å². The van der Waals surface area contributed by atoms with Crippen LogP contribution in [0.2, 0.25) is 0 Å². The number of hydrogen-bond donors (Lipinski definition) is 2. The van der Waals surface area contributed by atoms with Crippen molar-refractivity contribution in [3.05, 3.63) is 107 Å². The summed E-state index contributed by atoms with van der Waals surface area (Å²) >= 11 is 0. The number of aliphatic carboxylic acids is 1. The second-order valence-corrected chi connectivity index (χ2v) is 9.57. The fourth-order valence-corrected chi connectivity index (χ4v) is 4.97. The van der Waals surface area contributed by atoms with Crippen LogP contribution < -0.4 is 5.32 Å². The molecule has 2 heterocycles. The minimum absolute atomic E-state index is 0.0100. The fourth-order valence-electron chi connectivity index (χ4n) is 4.97. The van der Waals surface area contributed by atoms with Crippen molar-refractivity contribution in [1.82, 2.24) is 19.8 Å². The number of benzene rings is 2. The summed E-state index contributed by atoms with van der Waals surface area (Å²) in [6, 6.07) is 17.6. The van der Waals surface area contributed by atoms with Gasteiger partial charge in [-0.2, -0.15) is 0 Å². The first-order chi connectivity index (χ1) is 18.3. The summed E-state index contributed by atoms with van der Waals surface area (Å²) in [4.78, 5) is 32.3. The summed E-state index contributed by atoms with van der Waals surface area (Å²) in [6.07, 6.45) is 5.96. The number of carboxylic acid groups (broad SMARTS) is 1. The average Bonchev–Trinajstić information content (AvgIpc) is 3.44. The maximum absolute atomic E-state index is 13.6. The molecule has 0 bridgehead atoms. The van der Waals surface area contributed by atoms with E-state index in [2.05, 4.69) is 34.3 Å². The average molecular weight is 515 g/mol. The maximum Gasteiger partial charge on any atom is 0.336 e. The number of imidazole rings is 1. The van der Waals surface area contributed by atoms with Crippen LogP contribution in [0.15, 0.2) is 95.9 Å². The van der Waals surface area contributed by atoms with Crippen molar-refractivity contribution in [3.8, 4) is 5.69 Å². The van der Waals surface area contributed by atoms with Crippen LogP contribution in [0.5, 0.6) is 0 Å². The predicted molar refractivity (Wildman–Crippen MR) is 145 cm³/mol. The lowest BCUT2D eigenvalue weighted by atomic mass is 9.80. The lowest BCUT2D eigenvalue weighted by molar-refractivity contribution is -0.141. The Bertz CT molecular complexity index is 1350. The van der Waals surface area contributed by atoms with E-state index in [1.165, 1.54) is 5.56 Å². The van der Waals surface area contributed by atoms with Gasteiger partial charge in [0.15, 0.2) is 0 Å². The minimum atomic E-state index is -1.08. The van der Waals surface area contributed by atoms with Gasteiger partial charge in [0.25, 0.3) is 0 Å². The van der Waals surface area contributed by atoms with Crippen molar-refractivity contribution >= 4 is 11.9 Å². The van der Waals surface area contributed by atoms with Gasteiger partial charge in [0.05, 0.1) is 23.4 Å². The molecule has 0 saturated carbocycles. The number of hydrogen-bond acceptors (Lipinski definition) is 6. The largest absolute Gasteiger partial charge is 0.478 e. The summed E-state index contributed by atoms with van der Waals surface area (Å²) in [5, 5.41) is 13.2. The summed E-state index contributed by atoms with van der Waals surface area (Å²) in [5.41, 5.74) is 4.20. The molecule has 3 aromatic rings. The Labute approximate surface area is 223 Å². The van der Waals surface area contributed by atoms with E-state index in [0.717, 1.165) is 18.7 Å². The number of allylic oxidation sites excluding steroid dienone is 2. The first kappa shape index (κ1) is 26.9. The van der Waals surface area contributed by atoms with E-state index in [1.807, 2.05) is 60.3 Å². The van der Waals surface area contributed by atoms with E-state index in [-0.39, 0.29) is 18.2 Å². The van der Waals surface area contributed by atoms with Crippen LogP contribution in [-0.2, 0) is 20.9 Å². The summed E-state index contributed by atoms with van der Waals surface area (Å²) in [6.45, 7) is 6.49. The molecule has 0 aliphatic carbocycles. The molecule has 0 amide bonds. The number of esters is 1. The van der Waals surface area contributed by atoms with Crippen LogP contribution in [0.1, 0.15) is 44.2 Å². The topological polar surface area (TPSA) is 96.7 Å². The molecule has 2 unspecified atom stereocenters. The number of carbonyl (C=O) groups is 2. The first-order valence-electron chi connectivity index (χ1n) is 12.7. The number of nitrogens with zero attached hydrogens (tertiary/aromatic N) is 3. The molecule has 0 radical (unpaired) electrons. The quantitative estimate of drug-likeness (QED) is 0.380. The second kappa shape index (κ2) is 11.9. The van der Waals surface area contributed by atoms with Gasteiger partial charge in [-0.05, 0) is 50.6 Å². The van der Waals surface area contributed by atoms with Crippen molar-refractivity contribution in [2.45, 2.75) is 45.7 Å². The third-order valence-electron chi connectivity index (χ3n) is 6.99. The number of aromatic nitrogens is 2. The summed E-state index contributed by atoms with van der Waals surface area (Å²) in [5.74, 6) is -2.39. The highest BCUT2D eigenvalue weighted by molar-refractivity contribution is 5.99. The molecular weight excluding hydrogens is 480 g/mol. The fraction of sp³-hybridized carbons (Fsp3) is 0.300. The zero-order chi connectivity index (χ0) is 27.2. The van der Waals surface area contributed by atoms with Crippen molar-refractivity contribution in [2.24, 2.45) is 0 Å². The number of dihydropyridines is 1. The van der Waals surface area contributed by atoms with Gasteiger partial charge >= 0.3 is 11.9 Å². The maximum atomic E-state index is 13.6. The van der Waals surface area contributed by atoms with Crippen LogP contribution in [0.4, 0.5) is 0 Å². The number of carboxylic acids is 1. The van der Waals surface area contributed by atoms with Gasteiger partial charge in [0.1, 0.15) is 6.61 Å². The molecular formula is C30H34N4O4. The lowest BCUT2D eigenvalue weighted by Crippen LogP contribution is -2.37. The predicted octanol–water partition coefficient (Wildman–Crippen LogP) is 4.65. The van der Waals surface area contributed by atoms with E-state index in [0.29, 0.717) is 22.5 Å². The molecule has 8 heteroatoms. The molecule has 2 aromatic carbocycles. The van der Waals surface area contributed by atoms with Gasteiger partial charge in [-0.3, -0.25) is 4.90 Å². The number of ether oxygens (including phenoxy) is 1. The molecule has 1 aliphatic heterocycles. The van der Waals surface area contributed by atoms with E-state index >= 15 is 0 Å². The number of nitrogens with one attached hydrogen (secondary N) is 1. The molecule has 1 aromatic heterocycles. The highest BCUT2D eigenvalue weighted by Crippen LogP contribution is 2.39. The monoisotopic (exact) mass is 514 g/mol. The Hall–Kier alpha value is -4.17. The Morgan fingerprint density at radius 2 is 1.84 bits per heavy atom. The second-order valence-electron chi connectivity index (χ2n) is 9.57. The van der Waals surface area contributed by atoms with Crippen molar-refractivity contribution < 1.29 is 19.4 Å². The van der Waals surface area contributed by atoms with E-state index in [1.54, 1.807) is 26.4 Å². The molecule has 0 fully saturated rings. The normalized spacial score (nSPS) is 16.4. The smallest absolute Gasteiger partial charge is 0.336 e. The molecule has 0 saturated heterocycles. The molecule has 1 aliphatic rings.